The average Bonchev–Trinajstić information content (AvgIpc) is 3.27. The molecule has 1 aromatic carbocycles. The third-order valence-electron chi connectivity index (χ3n) is 6.34. The Bertz CT molecular complexity index is 909. The van der Waals surface area contributed by atoms with E-state index in [0.29, 0.717) is 19.5 Å². The van der Waals surface area contributed by atoms with E-state index in [2.05, 4.69) is 0 Å². The average molecular weight is 420 g/mol. The summed E-state index contributed by atoms with van der Waals surface area (Å²) in [7, 11) is -3.66. The van der Waals surface area contributed by atoms with Gasteiger partial charge in [0.25, 0.3) is 0 Å². The molecule has 1 atom stereocenters. The van der Waals surface area contributed by atoms with Crippen molar-refractivity contribution >= 4 is 27.5 Å². The molecule has 3 heterocycles. The number of rotatable bonds is 3. The van der Waals surface area contributed by atoms with Crippen molar-refractivity contribution in [2.75, 3.05) is 37.6 Å². The summed E-state index contributed by atoms with van der Waals surface area (Å²) in [6.07, 6.45) is 5.11. The first-order chi connectivity index (χ1) is 13.9. The van der Waals surface area contributed by atoms with Crippen molar-refractivity contribution in [1.29, 1.82) is 0 Å². The number of likely N-dealkylation sites (tertiary alicyclic amines) is 1. The van der Waals surface area contributed by atoms with Gasteiger partial charge in [0.15, 0.2) is 0 Å². The number of piperidine rings is 1. The summed E-state index contributed by atoms with van der Waals surface area (Å²) in [5, 5.41) is 0. The highest BCUT2D eigenvalue weighted by Gasteiger charge is 2.36. The lowest BCUT2D eigenvalue weighted by Crippen LogP contribution is -2.46. The summed E-state index contributed by atoms with van der Waals surface area (Å²) >= 11 is 0. The summed E-state index contributed by atoms with van der Waals surface area (Å²) in [4.78, 5) is 28.5. The second-order valence-electron chi connectivity index (χ2n) is 8.30. The maximum Gasteiger partial charge on any atom is 0.243 e. The predicted octanol–water partition coefficient (Wildman–Crippen LogP) is 2.01. The van der Waals surface area contributed by atoms with Gasteiger partial charge in [-0.3, -0.25) is 9.59 Å². The predicted molar refractivity (Wildman–Crippen MR) is 110 cm³/mol. The minimum absolute atomic E-state index is 0.0270. The molecule has 1 aromatic rings. The maximum absolute atomic E-state index is 13.3. The van der Waals surface area contributed by atoms with Crippen LogP contribution in [0.3, 0.4) is 0 Å². The standard InChI is InChI=1S/C21H29N3O4S/c1-16(25)24-13-5-6-17-14-19(8-9-20(17)24)29(27,28)23-12-4-7-18(15-23)21(26)22-10-2-3-11-22/h8-9,14,18H,2-7,10-13,15H2,1H3. The van der Waals surface area contributed by atoms with E-state index in [-0.39, 0.29) is 29.2 Å². The number of carbonyl (C=O) groups is 2. The van der Waals surface area contributed by atoms with Crippen LogP contribution in [0.4, 0.5) is 5.69 Å². The van der Waals surface area contributed by atoms with Crippen molar-refractivity contribution in [3.63, 3.8) is 0 Å². The van der Waals surface area contributed by atoms with Crippen molar-refractivity contribution in [2.24, 2.45) is 5.92 Å². The van der Waals surface area contributed by atoms with Gasteiger partial charge in [0.05, 0.1) is 10.8 Å². The monoisotopic (exact) mass is 419 g/mol. The quantitative estimate of drug-likeness (QED) is 0.751. The molecule has 0 N–H and O–H groups in total. The number of hydrogen-bond donors (Lipinski definition) is 0. The van der Waals surface area contributed by atoms with Crippen molar-refractivity contribution in [1.82, 2.24) is 9.21 Å². The van der Waals surface area contributed by atoms with Crippen LogP contribution < -0.4 is 4.90 Å². The van der Waals surface area contributed by atoms with Gasteiger partial charge in [-0.15, -0.1) is 0 Å². The molecular formula is C21H29N3O4S. The Kier molecular flexibility index (Phi) is 5.66. The molecule has 0 aliphatic carbocycles. The molecule has 2 amide bonds. The molecule has 0 radical (unpaired) electrons. The van der Waals surface area contributed by atoms with Gasteiger partial charge in [0.1, 0.15) is 0 Å². The molecule has 0 saturated carbocycles. The minimum Gasteiger partial charge on any atom is -0.342 e. The third kappa shape index (κ3) is 3.92. The van der Waals surface area contributed by atoms with E-state index >= 15 is 0 Å². The fraction of sp³-hybridized carbons (Fsp3) is 0.619. The second kappa shape index (κ2) is 8.07. The molecular weight excluding hydrogens is 390 g/mol. The van der Waals surface area contributed by atoms with Gasteiger partial charge < -0.3 is 9.80 Å². The number of carbonyl (C=O) groups excluding carboxylic acids is 2. The second-order valence-corrected chi connectivity index (χ2v) is 10.2. The Labute approximate surface area is 172 Å². The maximum atomic E-state index is 13.3. The van der Waals surface area contributed by atoms with Crippen LogP contribution in [0.15, 0.2) is 23.1 Å². The summed E-state index contributed by atoms with van der Waals surface area (Å²) < 4.78 is 28.1. The molecule has 2 saturated heterocycles. The van der Waals surface area contributed by atoms with Crippen LogP contribution in [0.25, 0.3) is 0 Å². The third-order valence-corrected chi connectivity index (χ3v) is 8.20. The fourth-order valence-electron chi connectivity index (χ4n) is 4.77. The van der Waals surface area contributed by atoms with Crippen LogP contribution in [0.1, 0.15) is 44.6 Å². The lowest BCUT2D eigenvalue weighted by atomic mass is 9.98. The first-order valence-corrected chi connectivity index (χ1v) is 12.0. The Morgan fingerprint density at radius 1 is 1.00 bits per heavy atom. The zero-order chi connectivity index (χ0) is 20.6. The van der Waals surface area contributed by atoms with Crippen LogP contribution in [0.5, 0.6) is 0 Å². The lowest BCUT2D eigenvalue weighted by molar-refractivity contribution is -0.135. The highest BCUT2D eigenvalue weighted by Crippen LogP contribution is 2.32. The van der Waals surface area contributed by atoms with E-state index in [1.165, 1.54) is 11.2 Å². The van der Waals surface area contributed by atoms with Crippen molar-refractivity contribution in [3.8, 4) is 0 Å². The smallest absolute Gasteiger partial charge is 0.243 e. The number of hydrogen-bond acceptors (Lipinski definition) is 4. The normalized spacial score (nSPS) is 23.1. The molecule has 3 aliphatic rings. The molecule has 1 unspecified atom stereocenters. The Balaban J connectivity index is 1.55. The number of nitrogens with zero attached hydrogens (tertiary/aromatic N) is 3. The van der Waals surface area contributed by atoms with Gasteiger partial charge in [0.2, 0.25) is 21.8 Å². The first kappa shape index (κ1) is 20.3. The minimum atomic E-state index is -3.66. The highest BCUT2D eigenvalue weighted by atomic mass is 32.2. The van der Waals surface area contributed by atoms with Gasteiger partial charge in [0, 0.05) is 45.3 Å². The Morgan fingerprint density at radius 2 is 1.76 bits per heavy atom. The molecule has 8 heteroatoms. The van der Waals surface area contributed by atoms with Crippen molar-refractivity contribution in [2.45, 2.75) is 50.3 Å². The fourth-order valence-corrected chi connectivity index (χ4v) is 6.34. The molecule has 158 valence electrons. The Hall–Kier alpha value is -1.93. The molecule has 0 bridgehead atoms. The summed E-state index contributed by atoms with van der Waals surface area (Å²) in [6, 6.07) is 5.06. The van der Waals surface area contributed by atoms with E-state index in [1.54, 1.807) is 23.1 Å². The number of fused-ring (bicyclic) bond motifs is 1. The van der Waals surface area contributed by atoms with E-state index in [0.717, 1.165) is 56.4 Å². The first-order valence-electron chi connectivity index (χ1n) is 10.6. The summed E-state index contributed by atoms with van der Waals surface area (Å²) in [5.74, 6) is -0.173. The SMILES string of the molecule is CC(=O)N1CCCc2cc(S(=O)(=O)N3CCCC(C(=O)N4CCCC4)C3)ccc21. The zero-order valence-electron chi connectivity index (χ0n) is 17.0. The van der Waals surface area contributed by atoms with Gasteiger partial charge >= 0.3 is 0 Å². The number of anilines is 1. The van der Waals surface area contributed by atoms with Crippen LogP contribution in [0.2, 0.25) is 0 Å². The summed E-state index contributed by atoms with van der Waals surface area (Å²) in [5.41, 5.74) is 1.71. The van der Waals surface area contributed by atoms with E-state index < -0.39 is 10.0 Å². The Morgan fingerprint density at radius 3 is 2.48 bits per heavy atom. The zero-order valence-corrected chi connectivity index (χ0v) is 17.8. The van der Waals surface area contributed by atoms with Crippen molar-refractivity contribution in [3.05, 3.63) is 23.8 Å². The van der Waals surface area contributed by atoms with Gasteiger partial charge in [-0.2, -0.15) is 4.31 Å². The number of aryl methyl sites for hydroxylation is 1. The van der Waals surface area contributed by atoms with Crippen LogP contribution in [0, 0.1) is 5.92 Å². The number of amides is 2. The highest BCUT2D eigenvalue weighted by molar-refractivity contribution is 7.89. The van der Waals surface area contributed by atoms with Gasteiger partial charge in [-0.05, 0) is 62.3 Å². The molecule has 2 fully saturated rings. The lowest BCUT2D eigenvalue weighted by Gasteiger charge is -2.34. The molecule has 4 rings (SSSR count). The summed E-state index contributed by atoms with van der Waals surface area (Å²) in [6.45, 7) is 4.49. The topological polar surface area (TPSA) is 78.0 Å². The molecule has 3 aliphatic heterocycles. The van der Waals surface area contributed by atoms with E-state index in [9.17, 15) is 18.0 Å². The van der Waals surface area contributed by atoms with Gasteiger partial charge in [-0.1, -0.05) is 0 Å². The van der Waals surface area contributed by atoms with Crippen LogP contribution in [-0.4, -0.2) is 62.2 Å². The number of sulfonamides is 1. The largest absolute Gasteiger partial charge is 0.342 e. The van der Waals surface area contributed by atoms with Crippen LogP contribution in [-0.2, 0) is 26.0 Å². The van der Waals surface area contributed by atoms with E-state index in [4.69, 9.17) is 0 Å². The molecule has 0 aromatic heterocycles. The van der Waals surface area contributed by atoms with E-state index in [1.807, 2.05) is 4.90 Å². The number of benzene rings is 1. The molecule has 7 nitrogen and oxygen atoms in total. The van der Waals surface area contributed by atoms with Crippen LogP contribution >= 0.6 is 0 Å². The molecule has 29 heavy (non-hydrogen) atoms. The molecule has 0 spiro atoms. The van der Waals surface area contributed by atoms with Crippen molar-refractivity contribution < 1.29 is 18.0 Å². The van der Waals surface area contributed by atoms with Gasteiger partial charge in [-0.25, -0.2) is 8.42 Å².